The van der Waals surface area contributed by atoms with E-state index in [1.807, 2.05) is 12.3 Å². The maximum absolute atomic E-state index is 13.6. The Kier molecular flexibility index (Phi) is 7.61. The summed E-state index contributed by atoms with van der Waals surface area (Å²) in [6, 6.07) is 11.4. The van der Waals surface area contributed by atoms with E-state index < -0.39 is 0 Å². The van der Waals surface area contributed by atoms with Gasteiger partial charge >= 0.3 is 0 Å². The number of benzene rings is 2. The van der Waals surface area contributed by atoms with Crippen molar-refractivity contribution in [2.45, 2.75) is 32.1 Å². The van der Waals surface area contributed by atoms with Gasteiger partial charge in [0.15, 0.2) is 0 Å². The van der Waals surface area contributed by atoms with Gasteiger partial charge in [-0.15, -0.1) is 0 Å². The molecule has 1 N–H and O–H groups in total. The van der Waals surface area contributed by atoms with Crippen LogP contribution in [-0.2, 0) is 4.74 Å². The van der Waals surface area contributed by atoms with Crippen molar-refractivity contribution in [2.75, 3.05) is 26.4 Å². The first-order valence-electron chi connectivity index (χ1n) is 12.4. The lowest BCUT2D eigenvalue weighted by Gasteiger charge is -2.22. The molecule has 7 nitrogen and oxygen atoms in total. The number of hydrogen-bond acceptors (Lipinski definition) is 6. The van der Waals surface area contributed by atoms with Crippen molar-refractivity contribution in [3.8, 4) is 17.1 Å². The van der Waals surface area contributed by atoms with E-state index in [4.69, 9.17) is 19.4 Å². The van der Waals surface area contributed by atoms with Crippen molar-refractivity contribution in [1.82, 2.24) is 15.3 Å². The monoisotopic (exact) mass is 488 g/mol. The van der Waals surface area contributed by atoms with Crippen molar-refractivity contribution < 1.29 is 18.7 Å². The van der Waals surface area contributed by atoms with Gasteiger partial charge in [-0.05, 0) is 74.1 Å². The number of fused-ring (bicyclic) bond motifs is 1. The minimum absolute atomic E-state index is 0.159. The molecule has 3 heterocycles. The molecule has 1 fully saturated rings. The fourth-order valence-electron chi connectivity index (χ4n) is 4.35. The zero-order valence-electron chi connectivity index (χ0n) is 20.1. The Morgan fingerprint density at radius 3 is 2.69 bits per heavy atom. The maximum Gasteiger partial charge on any atom is 0.251 e. The van der Waals surface area contributed by atoms with E-state index in [9.17, 15) is 9.18 Å². The molecule has 0 atom stereocenters. The van der Waals surface area contributed by atoms with E-state index in [1.165, 1.54) is 12.1 Å². The molecular formula is C28H29FN4O3. The Labute approximate surface area is 209 Å². The molecule has 0 unspecified atom stereocenters. The Morgan fingerprint density at radius 1 is 1.08 bits per heavy atom. The Bertz CT molecular complexity index is 1280. The molecule has 0 bridgehead atoms. The summed E-state index contributed by atoms with van der Waals surface area (Å²) >= 11 is 0. The number of hydrogen-bond donors (Lipinski definition) is 1. The summed E-state index contributed by atoms with van der Waals surface area (Å²) in [6.07, 6.45) is 8.34. The van der Waals surface area contributed by atoms with E-state index in [0.717, 1.165) is 51.0 Å². The molecule has 0 aliphatic carbocycles. The van der Waals surface area contributed by atoms with Gasteiger partial charge < -0.3 is 14.8 Å². The fraction of sp³-hybridized carbons (Fsp3) is 0.357. The normalized spacial score (nSPS) is 15.8. The molecule has 186 valence electrons. The van der Waals surface area contributed by atoms with Crippen LogP contribution in [0.4, 0.5) is 4.39 Å². The minimum Gasteiger partial charge on any atom is -0.476 e. The number of ether oxygens (including phenoxy) is 2. The SMILES string of the molecule is O=C(NCCCC1=NC=CC1)c1ccc2nc(OCC3CCOCC3)c(-c3ccc(F)cc3)nc2c1. The van der Waals surface area contributed by atoms with Gasteiger partial charge in [0, 0.05) is 49.2 Å². The number of carbonyl (C=O) groups excluding carboxylic acids is 1. The molecule has 8 heteroatoms. The Hall–Kier alpha value is -3.65. The Morgan fingerprint density at radius 2 is 1.92 bits per heavy atom. The number of rotatable bonds is 9. The van der Waals surface area contributed by atoms with Gasteiger partial charge in [-0.1, -0.05) is 6.08 Å². The van der Waals surface area contributed by atoms with E-state index in [-0.39, 0.29) is 11.7 Å². The summed E-state index contributed by atoms with van der Waals surface area (Å²) in [5, 5.41) is 2.97. The summed E-state index contributed by atoms with van der Waals surface area (Å²) in [5.74, 6) is 0.309. The quantitative estimate of drug-likeness (QED) is 0.423. The van der Waals surface area contributed by atoms with Crippen LogP contribution in [0.2, 0.25) is 0 Å². The van der Waals surface area contributed by atoms with Crippen LogP contribution in [-0.4, -0.2) is 48.0 Å². The highest BCUT2D eigenvalue weighted by Gasteiger charge is 2.19. The molecule has 5 rings (SSSR count). The lowest BCUT2D eigenvalue weighted by Crippen LogP contribution is -2.24. The molecule has 36 heavy (non-hydrogen) atoms. The third-order valence-corrected chi connectivity index (χ3v) is 6.45. The van der Waals surface area contributed by atoms with E-state index in [0.29, 0.717) is 52.8 Å². The maximum atomic E-state index is 13.6. The van der Waals surface area contributed by atoms with Gasteiger partial charge in [-0.2, -0.15) is 0 Å². The van der Waals surface area contributed by atoms with Crippen molar-refractivity contribution in [1.29, 1.82) is 0 Å². The molecule has 1 amide bonds. The molecule has 3 aromatic rings. The van der Waals surface area contributed by atoms with Gasteiger partial charge in [0.05, 0.1) is 17.6 Å². The van der Waals surface area contributed by atoms with Crippen molar-refractivity contribution in [2.24, 2.45) is 10.9 Å². The zero-order chi connectivity index (χ0) is 24.7. The topological polar surface area (TPSA) is 85.7 Å². The highest BCUT2D eigenvalue weighted by molar-refractivity contribution is 5.97. The molecule has 1 saturated heterocycles. The van der Waals surface area contributed by atoms with Crippen LogP contribution in [0, 0.1) is 11.7 Å². The summed E-state index contributed by atoms with van der Waals surface area (Å²) in [6.45, 7) is 2.56. The second-order valence-electron chi connectivity index (χ2n) is 9.10. The number of nitrogens with one attached hydrogen (secondary N) is 1. The lowest BCUT2D eigenvalue weighted by atomic mass is 10.0. The first kappa shape index (κ1) is 24.1. The summed E-state index contributed by atoms with van der Waals surface area (Å²) in [5.41, 5.74) is 4.09. The molecule has 0 spiro atoms. The summed E-state index contributed by atoms with van der Waals surface area (Å²) in [7, 11) is 0. The Balaban J connectivity index is 1.34. The first-order chi connectivity index (χ1) is 17.7. The first-order valence-corrected chi connectivity index (χ1v) is 12.4. The highest BCUT2D eigenvalue weighted by Crippen LogP contribution is 2.30. The van der Waals surface area contributed by atoms with E-state index in [2.05, 4.69) is 10.3 Å². The number of nitrogens with zero attached hydrogens (tertiary/aromatic N) is 3. The smallest absolute Gasteiger partial charge is 0.251 e. The van der Waals surface area contributed by atoms with Gasteiger partial charge in [0.25, 0.3) is 5.91 Å². The van der Waals surface area contributed by atoms with E-state index >= 15 is 0 Å². The van der Waals surface area contributed by atoms with Crippen LogP contribution >= 0.6 is 0 Å². The number of aliphatic imine (C=N–C) groups is 1. The number of halogens is 1. The summed E-state index contributed by atoms with van der Waals surface area (Å²) in [4.78, 5) is 26.6. The van der Waals surface area contributed by atoms with Crippen molar-refractivity contribution in [3.05, 3.63) is 66.1 Å². The van der Waals surface area contributed by atoms with Crippen LogP contribution in [0.3, 0.4) is 0 Å². The standard InChI is InChI=1S/C28H29FN4O3/c29-22-8-5-20(6-9-22)26-28(36-18-19-11-15-35-16-12-19)33-24-10-7-21(17-25(24)32-26)27(34)31-14-2-4-23-3-1-13-30-23/h1,5-10,13,17,19H,2-4,11-12,14-16,18H2,(H,31,34). The number of amides is 1. The van der Waals surface area contributed by atoms with Gasteiger partial charge in [-0.25, -0.2) is 14.4 Å². The molecule has 1 aromatic heterocycles. The van der Waals surface area contributed by atoms with Crippen LogP contribution in [0.15, 0.2) is 59.7 Å². The van der Waals surface area contributed by atoms with Crippen LogP contribution in [0.25, 0.3) is 22.3 Å². The number of carbonyl (C=O) groups is 1. The largest absolute Gasteiger partial charge is 0.476 e. The zero-order valence-corrected chi connectivity index (χ0v) is 20.1. The molecule has 2 aliphatic rings. The molecule has 0 radical (unpaired) electrons. The average Bonchev–Trinajstić information content (AvgIpc) is 3.44. The van der Waals surface area contributed by atoms with Crippen LogP contribution < -0.4 is 10.1 Å². The van der Waals surface area contributed by atoms with Crippen molar-refractivity contribution in [3.63, 3.8) is 0 Å². The van der Waals surface area contributed by atoms with Crippen molar-refractivity contribution >= 4 is 22.7 Å². The summed E-state index contributed by atoms with van der Waals surface area (Å²) < 4.78 is 25.1. The number of aromatic nitrogens is 2. The highest BCUT2D eigenvalue weighted by atomic mass is 19.1. The third-order valence-electron chi connectivity index (χ3n) is 6.45. The second-order valence-corrected chi connectivity index (χ2v) is 9.10. The fourth-order valence-corrected chi connectivity index (χ4v) is 4.35. The lowest BCUT2D eigenvalue weighted by molar-refractivity contribution is 0.0491. The predicted octanol–water partition coefficient (Wildman–Crippen LogP) is 5.11. The van der Waals surface area contributed by atoms with Gasteiger partial charge in [-0.3, -0.25) is 9.79 Å². The van der Waals surface area contributed by atoms with Crippen LogP contribution in [0.5, 0.6) is 5.88 Å². The van der Waals surface area contributed by atoms with E-state index in [1.54, 1.807) is 30.3 Å². The van der Waals surface area contributed by atoms with Gasteiger partial charge in [0.1, 0.15) is 11.5 Å². The van der Waals surface area contributed by atoms with Gasteiger partial charge in [0.2, 0.25) is 5.88 Å². The molecular weight excluding hydrogens is 459 g/mol. The number of allylic oxidation sites excluding steroid dienone is 1. The molecule has 2 aromatic carbocycles. The second kappa shape index (κ2) is 11.4. The minimum atomic E-state index is -0.326. The predicted molar refractivity (Wildman–Crippen MR) is 137 cm³/mol. The van der Waals surface area contributed by atoms with Crippen LogP contribution in [0.1, 0.15) is 42.5 Å². The molecule has 0 saturated carbocycles. The average molecular weight is 489 g/mol. The molecule has 2 aliphatic heterocycles. The third kappa shape index (κ3) is 5.94.